The average molecular weight is 573 g/mol. The number of nitrogens with zero attached hydrogens (tertiary/aromatic N) is 3. The van der Waals surface area contributed by atoms with Crippen molar-refractivity contribution in [2.45, 2.75) is 38.3 Å². The molecule has 3 atom stereocenters. The van der Waals surface area contributed by atoms with E-state index in [1.165, 1.54) is 30.9 Å². The summed E-state index contributed by atoms with van der Waals surface area (Å²) in [6.45, 7) is -0.209. The van der Waals surface area contributed by atoms with E-state index in [4.69, 9.17) is 5.14 Å². The SMILES string of the molecule is NS(=O)(=O)OC[C@H]1C[C@@H](Cc2ncncc2C(=O)c2ccn(Cc3ccc(F)c(OC(F)(F)F)c3)c2)C[C@@H]1O. The van der Waals surface area contributed by atoms with Crippen molar-refractivity contribution in [3.63, 3.8) is 0 Å². The van der Waals surface area contributed by atoms with Crippen molar-refractivity contribution in [1.82, 2.24) is 14.5 Å². The monoisotopic (exact) mass is 572 g/mol. The topological polar surface area (TPSA) is 147 Å². The Bertz CT molecular complexity index is 1450. The van der Waals surface area contributed by atoms with Gasteiger partial charge in [0, 0.05) is 36.6 Å². The van der Waals surface area contributed by atoms with Gasteiger partial charge in [-0.15, -0.1) is 13.2 Å². The second-order valence-electron chi connectivity index (χ2n) is 9.24. The van der Waals surface area contributed by atoms with E-state index in [9.17, 15) is 35.9 Å². The number of ether oxygens (including phenoxy) is 1. The third-order valence-electron chi connectivity index (χ3n) is 6.32. The molecule has 3 aromatic rings. The largest absolute Gasteiger partial charge is 0.573 e. The van der Waals surface area contributed by atoms with Crippen LogP contribution in [-0.4, -0.2) is 52.9 Å². The first-order chi connectivity index (χ1) is 18.3. The summed E-state index contributed by atoms with van der Waals surface area (Å²) in [5, 5.41) is 15.2. The minimum absolute atomic E-state index is 0.0435. The number of alkyl halides is 3. The molecule has 0 unspecified atom stereocenters. The lowest BCUT2D eigenvalue weighted by atomic mass is 9.95. The van der Waals surface area contributed by atoms with Crippen molar-refractivity contribution in [3.8, 4) is 5.75 Å². The van der Waals surface area contributed by atoms with Crippen LogP contribution in [0.3, 0.4) is 0 Å². The standard InChI is InChI=1S/C24H24F4N4O6S/c25-19-2-1-14(8-22(19)38-24(26,27)28)10-32-4-3-16(11-32)23(34)18-9-30-13-31-20(18)6-15-5-17(21(33)7-15)12-37-39(29,35)36/h1-4,8-9,11,13,15,17,21,33H,5-7,10,12H2,(H2,29,35,36)/t15-,17+,21-/m0/s1. The van der Waals surface area contributed by atoms with Crippen LogP contribution in [-0.2, 0) is 27.5 Å². The lowest BCUT2D eigenvalue weighted by Gasteiger charge is -2.13. The first kappa shape index (κ1) is 28.6. The number of ketones is 1. The van der Waals surface area contributed by atoms with Gasteiger partial charge in [0.1, 0.15) is 6.33 Å². The van der Waals surface area contributed by atoms with Gasteiger partial charge in [0.2, 0.25) is 0 Å². The molecule has 2 heterocycles. The summed E-state index contributed by atoms with van der Waals surface area (Å²) in [6.07, 6.45) is 0.964. The summed E-state index contributed by atoms with van der Waals surface area (Å²) in [4.78, 5) is 21.4. The number of aromatic nitrogens is 3. The molecule has 1 aliphatic rings. The molecule has 0 aliphatic heterocycles. The van der Waals surface area contributed by atoms with E-state index < -0.39 is 46.0 Å². The molecule has 2 aromatic heterocycles. The normalized spacial score (nSPS) is 19.8. The zero-order chi connectivity index (χ0) is 28.4. The molecule has 39 heavy (non-hydrogen) atoms. The van der Waals surface area contributed by atoms with E-state index in [0.29, 0.717) is 30.5 Å². The minimum atomic E-state index is -5.04. The summed E-state index contributed by atoms with van der Waals surface area (Å²) in [7, 11) is -4.14. The maximum absolute atomic E-state index is 13.7. The van der Waals surface area contributed by atoms with Crippen molar-refractivity contribution in [2.75, 3.05) is 6.61 Å². The number of rotatable bonds is 10. The maximum atomic E-state index is 13.7. The van der Waals surface area contributed by atoms with Gasteiger partial charge in [-0.2, -0.15) is 8.42 Å². The number of halogens is 4. The number of aliphatic hydroxyl groups is 1. The van der Waals surface area contributed by atoms with Gasteiger partial charge < -0.3 is 14.4 Å². The fourth-order valence-corrected chi connectivity index (χ4v) is 4.98. The Kier molecular flexibility index (Phi) is 8.34. The van der Waals surface area contributed by atoms with Crippen molar-refractivity contribution in [2.24, 2.45) is 17.0 Å². The van der Waals surface area contributed by atoms with Crippen LogP contribution in [0.4, 0.5) is 17.6 Å². The molecule has 0 radical (unpaired) electrons. The number of hydrogen-bond donors (Lipinski definition) is 2. The van der Waals surface area contributed by atoms with Crippen LogP contribution in [0.25, 0.3) is 0 Å². The number of benzene rings is 1. The summed E-state index contributed by atoms with van der Waals surface area (Å²) in [6, 6.07) is 4.63. The molecule has 1 saturated carbocycles. The van der Waals surface area contributed by atoms with Crippen molar-refractivity contribution >= 4 is 16.1 Å². The van der Waals surface area contributed by atoms with Gasteiger partial charge in [-0.25, -0.2) is 19.5 Å². The molecular weight excluding hydrogens is 548 g/mol. The first-order valence-corrected chi connectivity index (χ1v) is 13.1. The minimum Gasteiger partial charge on any atom is -0.403 e. The molecule has 0 bridgehead atoms. The Morgan fingerprint density at radius 1 is 1.23 bits per heavy atom. The van der Waals surface area contributed by atoms with Crippen molar-refractivity contribution < 1.29 is 44.8 Å². The summed E-state index contributed by atoms with van der Waals surface area (Å²) < 4.78 is 83.3. The Morgan fingerprint density at radius 2 is 2.00 bits per heavy atom. The van der Waals surface area contributed by atoms with Crippen LogP contribution in [0.2, 0.25) is 0 Å². The molecule has 0 saturated heterocycles. The Labute approximate surface area is 220 Å². The molecule has 0 spiro atoms. The van der Waals surface area contributed by atoms with Gasteiger partial charge >= 0.3 is 16.7 Å². The first-order valence-electron chi connectivity index (χ1n) is 11.7. The fraction of sp³-hybridized carbons (Fsp3) is 0.375. The molecule has 10 nitrogen and oxygen atoms in total. The number of hydrogen-bond acceptors (Lipinski definition) is 8. The highest BCUT2D eigenvalue weighted by atomic mass is 32.2. The number of aliphatic hydroxyl groups excluding tert-OH is 1. The maximum Gasteiger partial charge on any atom is 0.573 e. The third kappa shape index (κ3) is 7.81. The van der Waals surface area contributed by atoms with E-state index >= 15 is 0 Å². The molecule has 0 amide bonds. The second-order valence-corrected chi connectivity index (χ2v) is 10.5. The van der Waals surface area contributed by atoms with Crippen molar-refractivity contribution in [1.29, 1.82) is 0 Å². The molecule has 4 rings (SSSR count). The molecule has 15 heteroatoms. The predicted molar refractivity (Wildman–Crippen MR) is 127 cm³/mol. The molecular formula is C24H24F4N4O6S. The second kappa shape index (κ2) is 11.4. The lowest BCUT2D eigenvalue weighted by Crippen LogP contribution is -2.24. The number of nitrogens with two attached hydrogens (primary N) is 1. The summed E-state index contributed by atoms with van der Waals surface area (Å²) >= 11 is 0. The highest BCUT2D eigenvalue weighted by Crippen LogP contribution is 2.34. The van der Waals surface area contributed by atoms with E-state index in [1.807, 2.05) is 0 Å². The summed E-state index contributed by atoms with van der Waals surface area (Å²) in [5.74, 6) is -3.06. The van der Waals surface area contributed by atoms with Crippen LogP contribution in [0.1, 0.15) is 40.0 Å². The van der Waals surface area contributed by atoms with Crippen LogP contribution < -0.4 is 9.88 Å². The van der Waals surface area contributed by atoms with Gasteiger partial charge in [-0.05, 0) is 48.9 Å². The lowest BCUT2D eigenvalue weighted by molar-refractivity contribution is -0.275. The van der Waals surface area contributed by atoms with Crippen LogP contribution >= 0.6 is 0 Å². The number of carbonyl (C=O) groups excluding carboxylic acids is 1. The fourth-order valence-electron chi connectivity index (χ4n) is 4.61. The molecule has 210 valence electrons. The van der Waals surface area contributed by atoms with Crippen LogP contribution in [0.15, 0.2) is 49.2 Å². The van der Waals surface area contributed by atoms with E-state index in [-0.39, 0.29) is 30.2 Å². The smallest absolute Gasteiger partial charge is 0.403 e. The Balaban J connectivity index is 1.44. The predicted octanol–water partition coefficient (Wildman–Crippen LogP) is 2.74. The van der Waals surface area contributed by atoms with Gasteiger partial charge in [-0.3, -0.25) is 8.98 Å². The van der Waals surface area contributed by atoms with Gasteiger partial charge in [0.05, 0.1) is 24.0 Å². The summed E-state index contributed by atoms with van der Waals surface area (Å²) in [5.41, 5.74) is 1.26. The molecule has 3 N–H and O–H groups in total. The van der Waals surface area contributed by atoms with Crippen molar-refractivity contribution in [3.05, 3.63) is 77.4 Å². The highest BCUT2D eigenvalue weighted by Gasteiger charge is 2.35. The quantitative estimate of drug-likeness (QED) is 0.279. The molecule has 1 aromatic carbocycles. The van der Waals surface area contributed by atoms with Gasteiger partial charge in [0.15, 0.2) is 17.3 Å². The zero-order valence-corrected chi connectivity index (χ0v) is 21.0. The molecule has 1 fully saturated rings. The average Bonchev–Trinajstić information content (AvgIpc) is 3.44. The van der Waals surface area contributed by atoms with Crippen LogP contribution in [0, 0.1) is 17.7 Å². The van der Waals surface area contributed by atoms with E-state index in [2.05, 4.69) is 18.9 Å². The van der Waals surface area contributed by atoms with Gasteiger partial charge in [-0.1, -0.05) is 6.07 Å². The van der Waals surface area contributed by atoms with Gasteiger partial charge in [0.25, 0.3) is 0 Å². The highest BCUT2D eigenvalue weighted by molar-refractivity contribution is 7.84. The zero-order valence-electron chi connectivity index (χ0n) is 20.2. The van der Waals surface area contributed by atoms with E-state index in [0.717, 1.165) is 12.1 Å². The molecule has 1 aliphatic carbocycles. The number of carbonyl (C=O) groups is 1. The Hall–Kier alpha value is -3.40. The third-order valence-corrected chi connectivity index (χ3v) is 6.79. The van der Waals surface area contributed by atoms with E-state index in [1.54, 1.807) is 10.8 Å². The van der Waals surface area contributed by atoms with Crippen LogP contribution in [0.5, 0.6) is 5.75 Å². The Morgan fingerprint density at radius 3 is 2.72 bits per heavy atom.